The van der Waals surface area contributed by atoms with Gasteiger partial charge in [-0.25, -0.2) is 9.97 Å². The monoisotopic (exact) mass is 307 g/mol. The van der Waals surface area contributed by atoms with Crippen molar-refractivity contribution in [3.05, 3.63) is 66.4 Å². The van der Waals surface area contributed by atoms with Gasteiger partial charge >= 0.3 is 0 Å². The molecule has 2 N–H and O–H groups in total. The summed E-state index contributed by atoms with van der Waals surface area (Å²) in [5.74, 6) is 2.46. The molecule has 0 spiro atoms. The molecule has 5 nitrogen and oxygen atoms in total. The molecule has 0 saturated carbocycles. The molecule has 0 amide bonds. The molecular formula is C18H17N3O2. The van der Waals surface area contributed by atoms with Gasteiger partial charge in [0.15, 0.2) is 5.82 Å². The zero-order valence-corrected chi connectivity index (χ0v) is 12.8. The van der Waals surface area contributed by atoms with Crippen LogP contribution in [0.25, 0.3) is 11.4 Å². The van der Waals surface area contributed by atoms with Gasteiger partial charge in [-0.3, -0.25) is 0 Å². The van der Waals surface area contributed by atoms with Crippen molar-refractivity contribution >= 4 is 5.82 Å². The van der Waals surface area contributed by atoms with Crippen molar-refractivity contribution < 1.29 is 9.47 Å². The number of nitrogen functional groups attached to an aromatic ring is 1. The first-order valence-corrected chi connectivity index (χ1v) is 7.20. The Hall–Kier alpha value is -3.08. The average Bonchev–Trinajstić information content (AvgIpc) is 2.60. The minimum atomic E-state index is 0.392. The van der Waals surface area contributed by atoms with Crippen molar-refractivity contribution in [1.29, 1.82) is 0 Å². The maximum Gasteiger partial charge on any atom is 0.165 e. The number of anilines is 1. The molecule has 0 aliphatic heterocycles. The molecule has 0 radical (unpaired) electrons. The second-order valence-electron chi connectivity index (χ2n) is 4.90. The van der Waals surface area contributed by atoms with E-state index in [1.807, 2.05) is 48.5 Å². The quantitative estimate of drug-likeness (QED) is 0.783. The number of benzene rings is 2. The van der Waals surface area contributed by atoms with Gasteiger partial charge in [0.1, 0.15) is 23.9 Å². The number of aromatic nitrogens is 2. The Labute approximate surface area is 134 Å². The summed E-state index contributed by atoms with van der Waals surface area (Å²) in [6.07, 6.45) is 1.63. The van der Waals surface area contributed by atoms with Crippen molar-refractivity contribution in [2.45, 2.75) is 6.61 Å². The fourth-order valence-corrected chi connectivity index (χ4v) is 2.26. The lowest BCUT2D eigenvalue weighted by molar-refractivity contribution is 0.297. The van der Waals surface area contributed by atoms with Crippen molar-refractivity contribution in [2.24, 2.45) is 0 Å². The standard InChI is InChI=1S/C18H17N3O2/c1-22-15-8-4-2-6-13(15)12-23-16-9-5-3-7-14(16)18-20-11-10-17(19)21-18/h2-11H,12H2,1H3,(H2,19,20,21). The molecular weight excluding hydrogens is 290 g/mol. The third kappa shape index (κ3) is 3.40. The van der Waals surface area contributed by atoms with Gasteiger partial charge in [-0.05, 0) is 24.3 Å². The second-order valence-corrected chi connectivity index (χ2v) is 4.90. The van der Waals surface area contributed by atoms with Gasteiger partial charge in [0.2, 0.25) is 0 Å². The molecule has 116 valence electrons. The highest BCUT2D eigenvalue weighted by Crippen LogP contribution is 2.29. The van der Waals surface area contributed by atoms with E-state index >= 15 is 0 Å². The molecule has 2 aromatic carbocycles. The first kappa shape index (κ1) is 14.8. The number of ether oxygens (including phenoxy) is 2. The van der Waals surface area contributed by atoms with E-state index < -0.39 is 0 Å². The zero-order valence-electron chi connectivity index (χ0n) is 12.8. The Bertz CT molecular complexity index is 806. The molecule has 1 aromatic heterocycles. The summed E-state index contributed by atoms with van der Waals surface area (Å²) in [6, 6.07) is 17.0. The fraction of sp³-hybridized carbons (Fsp3) is 0.111. The molecule has 0 saturated heterocycles. The number of nitrogens with two attached hydrogens (primary N) is 1. The van der Waals surface area contributed by atoms with E-state index in [9.17, 15) is 0 Å². The zero-order chi connectivity index (χ0) is 16.1. The highest BCUT2D eigenvalue weighted by molar-refractivity contribution is 5.64. The lowest BCUT2D eigenvalue weighted by Crippen LogP contribution is -2.01. The van der Waals surface area contributed by atoms with E-state index in [4.69, 9.17) is 15.2 Å². The van der Waals surface area contributed by atoms with Crippen LogP contribution in [0.1, 0.15) is 5.56 Å². The first-order chi connectivity index (χ1) is 11.3. The van der Waals surface area contributed by atoms with E-state index in [1.165, 1.54) is 0 Å². The molecule has 0 fully saturated rings. The summed E-state index contributed by atoms with van der Waals surface area (Å²) in [4.78, 5) is 8.52. The Morgan fingerprint density at radius 1 is 0.957 bits per heavy atom. The summed E-state index contributed by atoms with van der Waals surface area (Å²) in [5, 5.41) is 0. The number of hydrogen-bond acceptors (Lipinski definition) is 5. The molecule has 0 atom stereocenters. The van der Waals surface area contributed by atoms with Crippen LogP contribution in [0.2, 0.25) is 0 Å². The van der Waals surface area contributed by atoms with Gasteiger partial charge < -0.3 is 15.2 Å². The van der Waals surface area contributed by atoms with Gasteiger partial charge in [-0.15, -0.1) is 0 Å². The van der Waals surface area contributed by atoms with Gasteiger partial charge in [-0.1, -0.05) is 30.3 Å². The third-order valence-electron chi connectivity index (χ3n) is 3.38. The predicted molar refractivity (Wildman–Crippen MR) is 89.2 cm³/mol. The molecule has 0 bridgehead atoms. The predicted octanol–water partition coefficient (Wildman–Crippen LogP) is 3.31. The third-order valence-corrected chi connectivity index (χ3v) is 3.38. The number of methoxy groups -OCH3 is 1. The maximum absolute atomic E-state index is 5.96. The second kappa shape index (κ2) is 6.79. The summed E-state index contributed by atoms with van der Waals surface area (Å²) >= 11 is 0. The van der Waals surface area contributed by atoms with Crippen LogP contribution in [-0.4, -0.2) is 17.1 Å². The van der Waals surface area contributed by atoms with Crippen molar-refractivity contribution in [3.8, 4) is 22.9 Å². The van der Waals surface area contributed by atoms with Crippen molar-refractivity contribution in [2.75, 3.05) is 12.8 Å². The van der Waals surface area contributed by atoms with Crippen LogP contribution in [-0.2, 0) is 6.61 Å². The Balaban J connectivity index is 1.87. The number of hydrogen-bond donors (Lipinski definition) is 1. The minimum absolute atomic E-state index is 0.392. The summed E-state index contributed by atoms with van der Waals surface area (Å²) in [6.45, 7) is 0.392. The van der Waals surface area contributed by atoms with Gasteiger partial charge in [-0.2, -0.15) is 0 Å². The minimum Gasteiger partial charge on any atom is -0.496 e. The van der Waals surface area contributed by atoms with E-state index in [-0.39, 0.29) is 0 Å². The Morgan fingerprint density at radius 3 is 2.48 bits per heavy atom. The average molecular weight is 307 g/mol. The van der Waals surface area contributed by atoms with Crippen LogP contribution in [0.15, 0.2) is 60.8 Å². The van der Waals surface area contributed by atoms with Crippen LogP contribution >= 0.6 is 0 Å². The number of rotatable bonds is 5. The molecule has 3 rings (SSSR count). The van der Waals surface area contributed by atoms with Crippen LogP contribution in [0, 0.1) is 0 Å². The normalized spacial score (nSPS) is 10.3. The van der Waals surface area contributed by atoms with Gasteiger partial charge in [0, 0.05) is 11.8 Å². The summed E-state index contributed by atoms with van der Waals surface area (Å²) in [5.41, 5.74) is 7.51. The Kier molecular flexibility index (Phi) is 4.38. The lowest BCUT2D eigenvalue weighted by atomic mass is 10.1. The van der Waals surface area contributed by atoms with Crippen LogP contribution in [0.3, 0.4) is 0 Å². The highest BCUT2D eigenvalue weighted by atomic mass is 16.5. The fourth-order valence-electron chi connectivity index (χ4n) is 2.26. The lowest BCUT2D eigenvalue weighted by Gasteiger charge is -2.12. The largest absolute Gasteiger partial charge is 0.496 e. The molecule has 3 aromatic rings. The van der Waals surface area contributed by atoms with Gasteiger partial charge in [0.25, 0.3) is 0 Å². The molecule has 5 heteroatoms. The van der Waals surface area contributed by atoms with E-state index in [1.54, 1.807) is 19.4 Å². The van der Waals surface area contributed by atoms with Crippen LogP contribution in [0.5, 0.6) is 11.5 Å². The SMILES string of the molecule is COc1ccccc1COc1ccccc1-c1nccc(N)n1. The summed E-state index contributed by atoms with van der Waals surface area (Å²) < 4.78 is 11.3. The first-order valence-electron chi connectivity index (χ1n) is 7.20. The topological polar surface area (TPSA) is 70.3 Å². The molecule has 0 aliphatic carbocycles. The van der Waals surface area contributed by atoms with Crippen LogP contribution < -0.4 is 15.2 Å². The highest BCUT2D eigenvalue weighted by Gasteiger charge is 2.10. The van der Waals surface area contributed by atoms with E-state index in [2.05, 4.69) is 9.97 Å². The van der Waals surface area contributed by atoms with E-state index in [0.717, 1.165) is 16.9 Å². The number of para-hydroxylation sites is 2. The smallest absolute Gasteiger partial charge is 0.165 e. The van der Waals surface area contributed by atoms with Crippen molar-refractivity contribution in [1.82, 2.24) is 9.97 Å². The van der Waals surface area contributed by atoms with Crippen LogP contribution in [0.4, 0.5) is 5.82 Å². The Morgan fingerprint density at radius 2 is 1.70 bits per heavy atom. The molecule has 0 aliphatic rings. The van der Waals surface area contributed by atoms with E-state index in [0.29, 0.717) is 24.0 Å². The van der Waals surface area contributed by atoms with Crippen molar-refractivity contribution in [3.63, 3.8) is 0 Å². The van der Waals surface area contributed by atoms with Gasteiger partial charge in [0.05, 0.1) is 12.7 Å². The molecule has 1 heterocycles. The maximum atomic E-state index is 5.96. The molecule has 0 unspecified atom stereocenters. The number of nitrogens with zero attached hydrogens (tertiary/aromatic N) is 2. The summed E-state index contributed by atoms with van der Waals surface area (Å²) in [7, 11) is 1.65. The molecule has 23 heavy (non-hydrogen) atoms.